The van der Waals surface area contributed by atoms with Gasteiger partial charge in [-0.2, -0.15) is 0 Å². The summed E-state index contributed by atoms with van der Waals surface area (Å²) in [6.07, 6.45) is 3.16. The van der Waals surface area contributed by atoms with Gasteiger partial charge in [0, 0.05) is 5.54 Å². The van der Waals surface area contributed by atoms with Crippen molar-refractivity contribution in [3.8, 4) is 0 Å². The summed E-state index contributed by atoms with van der Waals surface area (Å²) in [6.45, 7) is 8.50. The number of rotatable bonds is 4. The second kappa shape index (κ2) is 4.30. The zero-order valence-electron chi connectivity index (χ0n) is 9.34. The monoisotopic (exact) mass is 215 g/mol. The second-order valence-corrected chi connectivity index (χ2v) is 3.97. The summed E-state index contributed by atoms with van der Waals surface area (Å²) in [5.74, 6) is 0.903. The van der Waals surface area contributed by atoms with Gasteiger partial charge in [-0.05, 0) is 37.8 Å². The van der Waals surface area contributed by atoms with Crippen molar-refractivity contribution in [3.63, 3.8) is 0 Å². The molecule has 80 valence electrons. The van der Waals surface area contributed by atoms with Gasteiger partial charge in [-0.25, -0.2) is 0 Å². The summed E-state index contributed by atoms with van der Waals surface area (Å²) in [5.41, 5.74) is 0.0880. The minimum atomic E-state index is 0.0880. The van der Waals surface area contributed by atoms with Crippen LogP contribution in [0.2, 0.25) is 5.28 Å². The largest absolute Gasteiger partial charge is 0.296 e. The van der Waals surface area contributed by atoms with E-state index in [0.717, 1.165) is 25.1 Å². The molecule has 0 unspecified atom stereocenters. The Morgan fingerprint density at radius 1 is 1.14 bits per heavy atom. The molecular weight excluding hydrogens is 198 g/mol. The van der Waals surface area contributed by atoms with Crippen LogP contribution in [0, 0.1) is 6.92 Å². The lowest BCUT2D eigenvalue weighted by Gasteiger charge is -2.33. The van der Waals surface area contributed by atoms with Crippen LogP contribution in [-0.2, 0) is 5.54 Å². The predicted molar refractivity (Wildman–Crippen MR) is 58.6 cm³/mol. The van der Waals surface area contributed by atoms with E-state index in [1.807, 2.05) is 6.92 Å². The van der Waals surface area contributed by atoms with Crippen LogP contribution >= 0.6 is 11.6 Å². The third kappa shape index (κ3) is 1.65. The topological polar surface area (TPSA) is 30.7 Å². The summed E-state index contributed by atoms with van der Waals surface area (Å²) in [5, 5.41) is 8.42. The van der Waals surface area contributed by atoms with Crippen molar-refractivity contribution in [2.75, 3.05) is 0 Å². The Morgan fingerprint density at radius 3 is 1.93 bits per heavy atom. The molecule has 14 heavy (non-hydrogen) atoms. The predicted octanol–water partition coefficient (Wildman–Crippen LogP) is 3.17. The Bertz CT molecular complexity index is 275. The van der Waals surface area contributed by atoms with Crippen LogP contribution in [-0.4, -0.2) is 14.8 Å². The molecule has 0 fully saturated rings. The Morgan fingerprint density at radius 2 is 1.64 bits per heavy atom. The van der Waals surface area contributed by atoms with Crippen LogP contribution in [0.5, 0.6) is 0 Å². The van der Waals surface area contributed by atoms with E-state index in [0.29, 0.717) is 5.28 Å². The van der Waals surface area contributed by atoms with Crippen LogP contribution in [0.4, 0.5) is 0 Å². The minimum Gasteiger partial charge on any atom is -0.296 e. The van der Waals surface area contributed by atoms with Crippen LogP contribution in [0.3, 0.4) is 0 Å². The molecule has 0 amide bonds. The molecular formula is C10H18ClN3. The van der Waals surface area contributed by atoms with E-state index >= 15 is 0 Å². The Kier molecular flexibility index (Phi) is 3.53. The van der Waals surface area contributed by atoms with Crippen molar-refractivity contribution in [3.05, 3.63) is 11.1 Å². The normalized spacial score (nSPS) is 12.1. The molecule has 0 spiro atoms. The number of halogens is 1. The lowest BCUT2D eigenvalue weighted by atomic mass is 9.89. The van der Waals surface area contributed by atoms with Gasteiger partial charge in [-0.15, -0.1) is 10.2 Å². The number of aromatic nitrogens is 3. The Hall–Kier alpha value is -0.570. The molecule has 0 aliphatic heterocycles. The summed E-state index contributed by atoms with van der Waals surface area (Å²) in [6, 6.07) is 0. The van der Waals surface area contributed by atoms with Crippen molar-refractivity contribution in [2.24, 2.45) is 0 Å². The van der Waals surface area contributed by atoms with Crippen molar-refractivity contribution in [2.45, 2.75) is 52.5 Å². The highest BCUT2D eigenvalue weighted by atomic mass is 35.5. The lowest BCUT2D eigenvalue weighted by Crippen LogP contribution is -2.32. The molecule has 1 heterocycles. The number of aryl methyl sites for hydroxylation is 1. The van der Waals surface area contributed by atoms with Gasteiger partial charge in [-0.1, -0.05) is 20.8 Å². The van der Waals surface area contributed by atoms with Crippen LogP contribution in [0.15, 0.2) is 0 Å². The SMILES string of the molecule is CCC(CC)(CC)n1c(C)nnc1Cl. The Balaban J connectivity index is 3.23. The summed E-state index contributed by atoms with van der Waals surface area (Å²) in [4.78, 5) is 0. The first kappa shape index (κ1) is 11.5. The van der Waals surface area contributed by atoms with Crippen LogP contribution < -0.4 is 0 Å². The molecule has 0 N–H and O–H groups in total. The maximum absolute atomic E-state index is 6.05. The van der Waals surface area contributed by atoms with E-state index in [-0.39, 0.29) is 5.54 Å². The lowest BCUT2D eigenvalue weighted by molar-refractivity contribution is 0.245. The average molecular weight is 216 g/mol. The summed E-state index contributed by atoms with van der Waals surface area (Å²) < 4.78 is 2.06. The maximum Gasteiger partial charge on any atom is 0.225 e. The molecule has 0 aliphatic rings. The fourth-order valence-electron chi connectivity index (χ4n) is 2.10. The first-order valence-electron chi connectivity index (χ1n) is 5.19. The fourth-order valence-corrected chi connectivity index (χ4v) is 2.44. The average Bonchev–Trinajstić information content (AvgIpc) is 2.53. The number of hydrogen-bond donors (Lipinski definition) is 0. The minimum absolute atomic E-state index is 0.0880. The third-order valence-electron chi connectivity index (χ3n) is 3.23. The fraction of sp³-hybridized carbons (Fsp3) is 0.800. The highest BCUT2D eigenvalue weighted by Crippen LogP contribution is 2.32. The third-order valence-corrected chi connectivity index (χ3v) is 3.48. The zero-order valence-corrected chi connectivity index (χ0v) is 10.1. The molecule has 0 aliphatic carbocycles. The molecule has 0 bridgehead atoms. The van der Waals surface area contributed by atoms with Gasteiger partial charge in [-0.3, -0.25) is 4.57 Å². The molecule has 0 saturated heterocycles. The molecule has 0 atom stereocenters. The molecule has 4 heteroatoms. The van der Waals surface area contributed by atoms with E-state index < -0.39 is 0 Å². The molecule has 0 aromatic carbocycles. The van der Waals surface area contributed by atoms with E-state index in [2.05, 4.69) is 35.5 Å². The van der Waals surface area contributed by atoms with Gasteiger partial charge < -0.3 is 0 Å². The summed E-state index contributed by atoms with van der Waals surface area (Å²) in [7, 11) is 0. The van der Waals surface area contributed by atoms with Crippen molar-refractivity contribution >= 4 is 11.6 Å². The first-order valence-corrected chi connectivity index (χ1v) is 5.57. The van der Waals surface area contributed by atoms with Gasteiger partial charge in [0.15, 0.2) is 0 Å². The first-order chi connectivity index (χ1) is 6.61. The Labute approximate surface area is 90.5 Å². The smallest absolute Gasteiger partial charge is 0.225 e. The van der Waals surface area contributed by atoms with Crippen molar-refractivity contribution in [1.82, 2.24) is 14.8 Å². The van der Waals surface area contributed by atoms with Gasteiger partial charge in [0.25, 0.3) is 0 Å². The van der Waals surface area contributed by atoms with Crippen LogP contribution in [0.25, 0.3) is 0 Å². The standard InChI is InChI=1S/C10H18ClN3/c1-5-10(6-2,7-3)14-8(4)12-13-9(14)11/h5-7H2,1-4H3. The van der Waals surface area contributed by atoms with Gasteiger partial charge in [0.2, 0.25) is 5.28 Å². The van der Waals surface area contributed by atoms with E-state index in [9.17, 15) is 0 Å². The zero-order chi connectivity index (χ0) is 10.8. The van der Waals surface area contributed by atoms with Crippen LogP contribution in [0.1, 0.15) is 45.9 Å². The molecule has 1 aromatic rings. The number of nitrogens with zero attached hydrogens (tertiary/aromatic N) is 3. The van der Waals surface area contributed by atoms with E-state index in [1.165, 1.54) is 0 Å². The molecule has 3 nitrogen and oxygen atoms in total. The molecule has 0 saturated carbocycles. The van der Waals surface area contributed by atoms with Gasteiger partial charge >= 0.3 is 0 Å². The molecule has 0 radical (unpaired) electrons. The highest BCUT2D eigenvalue weighted by Gasteiger charge is 2.29. The van der Waals surface area contributed by atoms with E-state index in [1.54, 1.807) is 0 Å². The second-order valence-electron chi connectivity index (χ2n) is 3.64. The number of hydrogen-bond acceptors (Lipinski definition) is 2. The highest BCUT2D eigenvalue weighted by molar-refractivity contribution is 6.28. The summed E-state index contributed by atoms with van der Waals surface area (Å²) >= 11 is 6.05. The van der Waals surface area contributed by atoms with Gasteiger partial charge in [0.05, 0.1) is 0 Å². The molecule has 1 rings (SSSR count). The molecule has 1 aromatic heterocycles. The van der Waals surface area contributed by atoms with Crippen molar-refractivity contribution < 1.29 is 0 Å². The maximum atomic E-state index is 6.05. The van der Waals surface area contributed by atoms with Crippen molar-refractivity contribution in [1.29, 1.82) is 0 Å². The van der Waals surface area contributed by atoms with Gasteiger partial charge in [0.1, 0.15) is 5.82 Å². The van der Waals surface area contributed by atoms with E-state index in [4.69, 9.17) is 11.6 Å². The quantitative estimate of drug-likeness (QED) is 0.773.